The van der Waals surface area contributed by atoms with Crippen molar-refractivity contribution >= 4 is 21.9 Å². The summed E-state index contributed by atoms with van der Waals surface area (Å²) in [5, 5.41) is 10.2. The van der Waals surface area contributed by atoms with E-state index in [1.807, 2.05) is 0 Å². The molecule has 1 aliphatic carbocycles. The van der Waals surface area contributed by atoms with Gasteiger partial charge < -0.3 is 4.42 Å². The minimum Gasteiger partial charge on any atom is -0.408 e. The molecule has 8 nitrogen and oxygen atoms in total. The highest BCUT2D eigenvalue weighted by Gasteiger charge is 2.29. The Hall–Kier alpha value is -2.78. The number of hydrogen-bond donors (Lipinski definition) is 1. The maximum Gasteiger partial charge on any atom is 0.322 e. The lowest BCUT2D eigenvalue weighted by molar-refractivity contribution is 0.102. The summed E-state index contributed by atoms with van der Waals surface area (Å²) >= 11 is 0. The third-order valence-electron chi connectivity index (χ3n) is 4.01. The van der Waals surface area contributed by atoms with Crippen molar-refractivity contribution in [2.75, 3.05) is 18.4 Å². The van der Waals surface area contributed by atoms with E-state index in [1.54, 1.807) is 0 Å². The summed E-state index contributed by atoms with van der Waals surface area (Å²) in [7, 11) is -3.71. The number of carbonyl (C=O) groups is 1. The fourth-order valence-electron chi connectivity index (χ4n) is 2.44. The topological polar surface area (TPSA) is 105 Å². The minimum absolute atomic E-state index is 0.0294. The van der Waals surface area contributed by atoms with Crippen molar-refractivity contribution in [2.45, 2.75) is 23.7 Å². The number of hydrogen-bond acceptors (Lipinski definition) is 6. The zero-order valence-electron chi connectivity index (χ0n) is 14.7. The Morgan fingerprint density at radius 2 is 1.81 bits per heavy atom. The second-order valence-corrected chi connectivity index (χ2v) is 8.04. The van der Waals surface area contributed by atoms with Crippen molar-refractivity contribution < 1.29 is 17.6 Å². The smallest absolute Gasteiger partial charge is 0.322 e. The number of rotatable bonds is 9. The predicted molar refractivity (Wildman–Crippen MR) is 99.8 cm³/mol. The molecule has 1 aliphatic rings. The van der Waals surface area contributed by atoms with E-state index in [2.05, 4.69) is 28.7 Å². The van der Waals surface area contributed by atoms with Crippen LogP contribution in [0, 0.1) is 0 Å². The molecule has 0 bridgehead atoms. The maximum absolute atomic E-state index is 12.7. The largest absolute Gasteiger partial charge is 0.408 e. The normalized spacial score (nSPS) is 14.1. The third-order valence-corrected chi connectivity index (χ3v) is 5.85. The molecular weight excluding hydrogens is 368 g/mol. The molecule has 0 spiro atoms. The Bertz CT molecular complexity index is 936. The fourth-order valence-corrected chi connectivity index (χ4v) is 3.82. The number of aromatic nitrogens is 2. The van der Waals surface area contributed by atoms with Crippen molar-refractivity contribution in [3.8, 4) is 0 Å². The van der Waals surface area contributed by atoms with Gasteiger partial charge in [0.1, 0.15) is 0 Å². The van der Waals surface area contributed by atoms with E-state index >= 15 is 0 Å². The van der Waals surface area contributed by atoms with E-state index in [-0.39, 0.29) is 29.6 Å². The number of nitrogens with zero attached hydrogens (tertiary/aromatic N) is 3. The number of carbonyl (C=O) groups excluding carboxylic acids is 1. The first-order chi connectivity index (χ1) is 13.0. The van der Waals surface area contributed by atoms with Gasteiger partial charge in [-0.05, 0) is 37.1 Å². The number of nitrogens with one attached hydrogen (secondary N) is 1. The van der Waals surface area contributed by atoms with Crippen LogP contribution in [-0.2, 0) is 10.0 Å². The Morgan fingerprint density at radius 3 is 2.37 bits per heavy atom. The molecule has 27 heavy (non-hydrogen) atoms. The first kappa shape index (κ1) is 19.0. The standard InChI is InChI=1S/C18H20N4O4S/c1-3-11-22(12-4-2)27(24,25)15-9-7-13(8-10-15)16(23)19-18-21-20-17(26-18)14-5-6-14/h3-4,7-10,14H,1-2,5-6,11-12H2,(H,19,21,23). The van der Waals surface area contributed by atoms with Gasteiger partial charge in [0.15, 0.2) is 0 Å². The molecule has 1 fully saturated rings. The third kappa shape index (κ3) is 4.32. The lowest BCUT2D eigenvalue weighted by Crippen LogP contribution is -2.31. The van der Waals surface area contributed by atoms with Crippen LogP contribution in [0.5, 0.6) is 0 Å². The van der Waals surface area contributed by atoms with Crippen molar-refractivity contribution in [2.24, 2.45) is 0 Å². The molecule has 1 aromatic carbocycles. The molecule has 1 saturated carbocycles. The van der Waals surface area contributed by atoms with Crippen LogP contribution >= 0.6 is 0 Å². The van der Waals surface area contributed by atoms with Crippen molar-refractivity contribution in [3.63, 3.8) is 0 Å². The van der Waals surface area contributed by atoms with E-state index in [9.17, 15) is 13.2 Å². The van der Waals surface area contributed by atoms with Crippen molar-refractivity contribution in [1.82, 2.24) is 14.5 Å². The fraction of sp³-hybridized carbons (Fsp3) is 0.278. The van der Waals surface area contributed by atoms with Crippen molar-refractivity contribution in [3.05, 3.63) is 61.0 Å². The quantitative estimate of drug-likeness (QED) is 0.662. The molecule has 1 aromatic heterocycles. The van der Waals surface area contributed by atoms with Gasteiger partial charge in [-0.3, -0.25) is 10.1 Å². The van der Waals surface area contributed by atoms with Gasteiger partial charge in [0.25, 0.3) is 5.91 Å². The first-order valence-corrected chi connectivity index (χ1v) is 9.86. The average molecular weight is 388 g/mol. The summed E-state index contributed by atoms with van der Waals surface area (Å²) in [6.07, 6.45) is 5.03. The van der Waals surface area contributed by atoms with Gasteiger partial charge in [0.2, 0.25) is 15.9 Å². The van der Waals surface area contributed by atoms with Crippen LogP contribution in [0.2, 0.25) is 0 Å². The minimum atomic E-state index is -3.71. The van der Waals surface area contributed by atoms with Gasteiger partial charge in [-0.25, -0.2) is 8.42 Å². The molecule has 1 amide bonds. The van der Waals surface area contributed by atoms with Crippen LogP contribution in [0.15, 0.2) is 58.9 Å². The molecule has 142 valence electrons. The van der Waals surface area contributed by atoms with Gasteiger partial charge >= 0.3 is 6.01 Å². The van der Waals surface area contributed by atoms with Crippen LogP contribution < -0.4 is 5.32 Å². The van der Waals surface area contributed by atoms with Gasteiger partial charge in [0.05, 0.1) is 4.90 Å². The SMILES string of the molecule is C=CCN(CC=C)S(=O)(=O)c1ccc(C(=O)Nc2nnc(C3CC3)o2)cc1. The lowest BCUT2D eigenvalue weighted by atomic mass is 10.2. The van der Waals surface area contributed by atoms with E-state index < -0.39 is 15.9 Å². The van der Waals surface area contributed by atoms with Crippen LogP contribution in [0.4, 0.5) is 6.01 Å². The molecule has 3 rings (SSSR count). The first-order valence-electron chi connectivity index (χ1n) is 8.42. The average Bonchev–Trinajstić information content (AvgIpc) is 3.41. The predicted octanol–water partition coefficient (Wildman–Crippen LogP) is 2.56. The van der Waals surface area contributed by atoms with Crippen LogP contribution in [0.3, 0.4) is 0 Å². The molecular formula is C18H20N4O4S. The zero-order chi connectivity index (χ0) is 19.4. The Kier molecular flexibility index (Phi) is 5.52. The number of sulfonamides is 1. The highest BCUT2D eigenvalue weighted by atomic mass is 32.2. The summed E-state index contributed by atoms with van der Waals surface area (Å²) in [5.74, 6) is 0.358. The molecule has 2 aromatic rings. The molecule has 0 atom stereocenters. The molecule has 9 heteroatoms. The number of anilines is 1. The van der Waals surface area contributed by atoms with Gasteiger partial charge in [-0.15, -0.1) is 18.3 Å². The van der Waals surface area contributed by atoms with Gasteiger partial charge in [-0.1, -0.05) is 17.3 Å². The van der Waals surface area contributed by atoms with Crippen LogP contribution in [-0.4, -0.2) is 41.9 Å². The molecule has 0 radical (unpaired) electrons. The number of amides is 1. The van der Waals surface area contributed by atoms with Crippen LogP contribution in [0.1, 0.15) is 35.0 Å². The van der Waals surface area contributed by atoms with E-state index in [0.717, 1.165) is 12.8 Å². The summed E-state index contributed by atoms with van der Waals surface area (Å²) in [4.78, 5) is 12.4. The molecule has 0 unspecified atom stereocenters. The van der Waals surface area contributed by atoms with Crippen molar-refractivity contribution in [1.29, 1.82) is 0 Å². The Balaban J connectivity index is 1.72. The van der Waals surface area contributed by atoms with E-state index in [1.165, 1.54) is 40.7 Å². The monoisotopic (exact) mass is 388 g/mol. The highest BCUT2D eigenvalue weighted by molar-refractivity contribution is 7.89. The highest BCUT2D eigenvalue weighted by Crippen LogP contribution is 2.39. The maximum atomic E-state index is 12.7. The Labute approximate surface area is 157 Å². The second-order valence-electron chi connectivity index (χ2n) is 6.10. The summed E-state index contributed by atoms with van der Waals surface area (Å²) in [6.45, 7) is 7.47. The zero-order valence-corrected chi connectivity index (χ0v) is 15.5. The summed E-state index contributed by atoms with van der Waals surface area (Å²) in [5.41, 5.74) is 0.277. The molecule has 0 saturated heterocycles. The van der Waals surface area contributed by atoms with Gasteiger partial charge in [-0.2, -0.15) is 4.31 Å². The summed E-state index contributed by atoms with van der Waals surface area (Å²) < 4.78 is 31.9. The van der Waals surface area contributed by atoms with Gasteiger partial charge in [0, 0.05) is 24.6 Å². The summed E-state index contributed by atoms with van der Waals surface area (Å²) in [6, 6.07) is 5.65. The Morgan fingerprint density at radius 1 is 1.19 bits per heavy atom. The number of benzene rings is 1. The van der Waals surface area contributed by atoms with E-state index in [0.29, 0.717) is 11.8 Å². The van der Waals surface area contributed by atoms with E-state index in [4.69, 9.17) is 4.42 Å². The lowest BCUT2D eigenvalue weighted by Gasteiger charge is -2.19. The molecule has 0 aliphatic heterocycles. The molecule has 1 N–H and O–H groups in total. The molecule has 1 heterocycles. The second kappa shape index (κ2) is 7.85. The van der Waals surface area contributed by atoms with Crippen LogP contribution in [0.25, 0.3) is 0 Å².